The number of aromatic hydroxyl groups is 1. The average Bonchev–Trinajstić information content (AvgIpc) is 2.63. The Morgan fingerprint density at radius 3 is 2.12 bits per heavy atom. The molecule has 0 aliphatic rings. The summed E-state index contributed by atoms with van der Waals surface area (Å²) in [6.45, 7) is 0. The first-order chi connectivity index (χ1) is 11.7. The van der Waals surface area contributed by atoms with Crippen molar-refractivity contribution < 1.29 is 9.90 Å². The van der Waals surface area contributed by atoms with Crippen molar-refractivity contribution in [2.45, 2.75) is 0 Å². The molecule has 0 aliphatic carbocycles. The number of nitrogens with one attached hydrogen (secondary N) is 1. The number of hydrogen-bond acceptors (Lipinski definition) is 3. The van der Waals surface area contributed by atoms with Crippen LogP contribution in [0.3, 0.4) is 0 Å². The molecule has 24 heavy (non-hydrogen) atoms. The molecule has 2 N–H and O–H groups in total. The van der Waals surface area contributed by atoms with E-state index in [4.69, 9.17) is 0 Å². The van der Waals surface area contributed by atoms with Crippen LogP contribution in [0.25, 0.3) is 11.1 Å². The summed E-state index contributed by atoms with van der Waals surface area (Å²) >= 11 is 0. The molecule has 1 amide bonds. The number of phenols is 1. The minimum absolute atomic E-state index is 0.119. The highest BCUT2D eigenvalue weighted by Crippen LogP contribution is 2.18. The molecule has 0 heterocycles. The number of hydrogen-bond donors (Lipinski definition) is 2. The second-order valence-electron chi connectivity index (χ2n) is 5.23. The van der Waals surface area contributed by atoms with E-state index in [0.717, 1.165) is 16.7 Å². The number of amides is 1. The van der Waals surface area contributed by atoms with Gasteiger partial charge in [-0.15, -0.1) is 0 Å². The van der Waals surface area contributed by atoms with Gasteiger partial charge in [-0.25, -0.2) is 5.43 Å². The van der Waals surface area contributed by atoms with Crippen molar-refractivity contribution >= 4 is 12.1 Å². The fourth-order valence-corrected chi connectivity index (χ4v) is 2.24. The Labute approximate surface area is 140 Å². The second kappa shape index (κ2) is 7.24. The first kappa shape index (κ1) is 15.5. The molecule has 0 bridgehead atoms. The normalized spacial score (nSPS) is 10.7. The molecule has 0 saturated carbocycles. The Morgan fingerprint density at radius 1 is 0.833 bits per heavy atom. The van der Waals surface area contributed by atoms with E-state index in [-0.39, 0.29) is 11.7 Å². The Hall–Kier alpha value is -3.40. The third kappa shape index (κ3) is 3.87. The van der Waals surface area contributed by atoms with Crippen LogP contribution in [-0.2, 0) is 0 Å². The van der Waals surface area contributed by atoms with Crippen molar-refractivity contribution in [2.75, 3.05) is 0 Å². The Balaban J connectivity index is 1.62. The van der Waals surface area contributed by atoms with Gasteiger partial charge in [-0.3, -0.25) is 4.79 Å². The minimum Gasteiger partial charge on any atom is -0.508 e. The molecule has 3 aromatic carbocycles. The van der Waals surface area contributed by atoms with E-state index in [2.05, 4.69) is 22.7 Å². The summed E-state index contributed by atoms with van der Waals surface area (Å²) in [6, 6.07) is 24.0. The van der Waals surface area contributed by atoms with Gasteiger partial charge in [-0.05, 0) is 41.0 Å². The van der Waals surface area contributed by atoms with E-state index in [1.165, 1.54) is 24.3 Å². The SMILES string of the molecule is O=C(N/N=C/c1ccc(-c2ccccc2)cc1)c1ccc(O)cc1. The van der Waals surface area contributed by atoms with Crippen molar-refractivity contribution in [1.82, 2.24) is 5.43 Å². The summed E-state index contributed by atoms with van der Waals surface area (Å²) in [6.07, 6.45) is 1.59. The number of rotatable bonds is 4. The lowest BCUT2D eigenvalue weighted by Crippen LogP contribution is -2.17. The van der Waals surface area contributed by atoms with Gasteiger partial charge < -0.3 is 5.11 Å². The number of nitrogens with zero attached hydrogens (tertiary/aromatic N) is 1. The molecule has 0 atom stereocenters. The monoisotopic (exact) mass is 316 g/mol. The van der Waals surface area contributed by atoms with Crippen LogP contribution in [0, 0.1) is 0 Å². The largest absolute Gasteiger partial charge is 0.508 e. The maximum Gasteiger partial charge on any atom is 0.271 e. The molecule has 0 aliphatic heterocycles. The first-order valence-electron chi connectivity index (χ1n) is 7.50. The van der Waals surface area contributed by atoms with Gasteiger partial charge in [0.05, 0.1) is 6.21 Å². The van der Waals surface area contributed by atoms with Gasteiger partial charge in [0.2, 0.25) is 0 Å². The molecule has 0 spiro atoms. The van der Waals surface area contributed by atoms with Gasteiger partial charge in [0.15, 0.2) is 0 Å². The number of carbonyl (C=O) groups is 1. The van der Waals surface area contributed by atoms with Crippen LogP contribution in [-0.4, -0.2) is 17.2 Å². The molecule has 4 heteroatoms. The molecule has 0 saturated heterocycles. The van der Waals surface area contributed by atoms with Crippen molar-refractivity contribution in [3.05, 3.63) is 90.0 Å². The minimum atomic E-state index is -0.327. The Kier molecular flexibility index (Phi) is 4.68. The van der Waals surface area contributed by atoms with Crippen molar-refractivity contribution in [3.63, 3.8) is 0 Å². The number of phenolic OH excluding ortho intramolecular Hbond substituents is 1. The van der Waals surface area contributed by atoms with Crippen molar-refractivity contribution in [2.24, 2.45) is 5.10 Å². The van der Waals surface area contributed by atoms with Gasteiger partial charge >= 0.3 is 0 Å². The van der Waals surface area contributed by atoms with Gasteiger partial charge in [-0.2, -0.15) is 5.10 Å². The molecule has 118 valence electrons. The van der Waals surface area contributed by atoms with Crippen LogP contribution in [0.5, 0.6) is 5.75 Å². The van der Waals surface area contributed by atoms with Crippen molar-refractivity contribution in [1.29, 1.82) is 0 Å². The van der Waals surface area contributed by atoms with E-state index in [1.54, 1.807) is 6.21 Å². The molecule has 3 rings (SSSR count). The predicted molar refractivity (Wildman–Crippen MR) is 95.0 cm³/mol. The summed E-state index contributed by atoms with van der Waals surface area (Å²) < 4.78 is 0. The summed E-state index contributed by atoms with van der Waals surface area (Å²) in [5.74, 6) is -0.208. The van der Waals surface area contributed by atoms with Crippen molar-refractivity contribution in [3.8, 4) is 16.9 Å². The van der Waals surface area contributed by atoms with Crippen LogP contribution in [0.2, 0.25) is 0 Å². The zero-order valence-corrected chi connectivity index (χ0v) is 12.9. The van der Waals surface area contributed by atoms with E-state index in [9.17, 15) is 9.90 Å². The fourth-order valence-electron chi connectivity index (χ4n) is 2.24. The lowest BCUT2D eigenvalue weighted by molar-refractivity contribution is 0.0955. The maximum absolute atomic E-state index is 11.9. The van der Waals surface area contributed by atoms with E-state index in [0.29, 0.717) is 5.56 Å². The molecular weight excluding hydrogens is 300 g/mol. The number of hydrazone groups is 1. The van der Waals surface area contributed by atoms with Gasteiger partial charge in [-0.1, -0.05) is 54.6 Å². The lowest BCUT2D eigenvalue weighted by Gasteiger charge is -2.02. The standard InChI is InChI=1S/C20H16N2O2/c23-19-12-10-18(11-13-19)20(24)22-21-14-15-6-8-17(9-7-15)16-4-2-1-3-5-16/h1-14,23H,(H,22,24)/b21-14+. The molecule has 4 nitrogen and oxygen atoms in total. The van der Waals surface area contributed by atoms with Gasteiger partial charge in [0, 0.05) is 5.56 Å². The number of benzene rings is 3. The summed E-state index contributed by atoms with van der Waals surface area (Å²) in [5.41, 5.74) is 6.07. The molecule has 3 aromatic rings. The van der Waals surface area contributed by atoms with Crippen LogP contribution >= 0.6 is 0 Å². The van der Waals surface area contributed by atoms with Crippen LogP contribution in [0.1, 0.15) is 15.9 Å². The van der Waals surface area contributed by atoms with Crippen LogP contribution < -0.4 is 5.43 Å². The van der Waals surface area contributed by atoms with Crippen LogP contribution in [0.15, 0.2) is 84.0 Å². The second-order valence-corrected chi connectivity index (χ2v) is 5.23. The highest BCUT2D eigenvalue weighted by molar-refractivity contribution is 5.95. The fraction of sp³-hybridized carbons (Fsp3) is 0. The average molecular weight is 316 g/mol. The molecule has 0 aromatic heterocycles. The first-order valence-corrected chi connectivity index (χ1v) is 7.50. The molecule has 0 radical (unpaired) electrons. The van der Waals surface area contributed by atoms with Gasteiger partial charge in [0.1, 0.15) is 5.75 Å². The molecule has 0 fully saturated rings. The zero-order valence-electron chi connectivity index (χ0n) is 12.9. The molecule has 0 unspecified atom stereocenters. The lowest BCUT2D eigenvalue weighted by atomic mass is 10.0. The zero-order chi connectivity index (χ0) is 16.8. The smallest absolute Gasteiger partial charge is 0.271 e. The van der Waals surface area contributed by atoms with E-state index < -0.39 is 0 Å². The molecular formula is C20H16N2O2. The summed E-state index contributed by atoms with van der Waals surface area (Å²) in [5, 5.41) is 13.2. The third-order valence-corrected chi connectivity index (χ3v) is 3.53. The van der Waals surface area contributed by atoms with Gasteiger partial charge in [0.25, 0.3) is 5.91 Å². The van der Waals surface area contributed by atoms with Crippen LogP contribution in [0.4, 0.5) is 0 Å². The maximum atomic E-state index is 11.9. The summed E-state index contributed by atoms with van der Waals surface area (Å²) in [7, 11) is 0. The van der Waals surface area contributed by atoms with E-state index >= 15 is 0 Å². The third-order valence-electron chi connectivity index (χ3n) is 3.53. The quantitative estimate of drug-likeness (QED) is 0.568. The Morgan fingerprint density at radius 2 is 1.46 bits per heavy atom. The predicted octanol–water partition coefficient (Wildman–Crippen LogP) is 3.82. The Bertz CT molecular complexity index is 839. The topological polar surface area (TPSA) is 61.7 Å². The van der Waals surface area contributed by atoms with E-state index in [1.807, 2.05) is 42.5 Å². The summed E-state index contributed by atoms with van der Waals surface area (Å²) in [4.78, 5) is 11.9. The number of carbonyl (C=O) groups excluding carboxylic acids is 1. The highest BCUT2D eigenvalue weighted by Gasteiger charge is 2.03. The highest BCUT2D eigenvalue weighted by atomic mass is 16.3.